The number of halogens is 1. The first-order chi connectivity index (χ1) is 15.1. The summed E-state index contributed by atoms with van der Waals surface area (Å²) in [4.78, 5) is 17.1. The van der Waals surface area contributed by atoms with Crippen molar-refractivity contribution in [3.8, 4) is 0 Å². The van der Waals surface area contributed by atoms with Crippen molar-refractivity contribution in [1.29, 1.82) is 0 Å². The van der Waals surface area contributed by atoms with Crippen LogP contribution < -0.4 is 15.5 Å². The number of rotatable bonds is 13. The van der Waals surface area contributed by atoms with Crippen LogP contribution >= 0.6 is 24.0 Å². The first-order valence-electron chi connectivity index (χ1n) is 10.3. The first kappa shape index (κ1) is 27.6. The maximum absolute atomic E-state index is 10.8. The maximum Gasteiger partial charge on any atom is 0.269 e. The molecule has 0 aliphatic heterocycles. The summed E-state index contributed by atoms with van der Waals surface area (Å²) < 4.78 is 5.27. The van der Waals surface area contributed by atoms with E-state index in [1.54, 1.807) is 12.1 Å². The van der Waals surface area contributed by atoms with Crippen LogP contribution in [0, 0.1) is 10.1 Å². The van der Waals surface area contributed by atoms with Gasteiger partial charge in [-0.15, -0.1) is 24.0 Å². The number of para-hydroxylation sites is 1. The topological polar surface area (TPSA) is 112 Å². The molecule has 0 saturated carbocycles. The summed E-state index contributed by atoms with van der Waals surface area (Å²) in [5.41, 5.74) is 2.12. The Morgan fingerprint density at radius 3 is 2.44 bits per heavy atom. The highest BCUT2D eigenvalue weighted by Gasteiger charge is 2.05. The van der Waals surface area contributed by atoms with E-state index in [9.17, 15) is 10.1 Å². The van der Waals surface area contributed by atoms with E-state index in [-0.39, 0.29) is 36.3 Å². The minimum absolute atomic E-state index is 0. The number of aliphatic hydroxyl groups excluding tert-OH is 1. The lowest BCUT2D eigenvalue weighted by Gasteiger charge is -2.19. The molecule has 32 heavy (non-hydrogen) atoms. The number of aliphatic hydroxyl groups is 1. The third-order valence-electron chi connectivity index (χ3n) is 4.50. The van der Waals surface area contributed by atoms with Crippen LogP contribution in [0.25, 0.3) is 0 Å². The summed E-state index contributed by atoms with van der Waals surface area (Å²) in [6, 6.07) is 16.6. The molecule has 9 nitrogen and oxygen atoms in total. The second-order valence-corrected chi connectivity index (χ2v) is 6.89. The summed E-state index contributed by atoms with van der Waals surface area (Å²) in [5, 5.41) is 26.1. The highest BCUT2D eigenvalue weighted by atomic mass is 127. The van der Waals surface area contributed by atoms with Crippen molar-refractivity contribution in [3.63, 3.8) is 0 Å². The van der Waals surface area contributed by atoms with Gasteiger partial charge in [-0.05, 0) is 24.1 Å². The van der Waals surface area contributed by atoms with E-state index in [0.717, 1.165) is 25.1 Å². The third-order valence-corrected chi connectivity index (χ3v) is 4.50. The smallest absolute Gasteiger partial charge is 0.269 e. The molecule has 10 heteroatoms. The zero-order valence-electron chi connectivity index (χ0n) is 18.3. The van der Waals surface area contributed by atoms with E-state index in [4.69, 9.17) is 9.84 Å². The van der Waals surface area contributed by atoms with Crippen LogP contribution in [0.2, 0.25) is 0 Å². The second-order valence-electron chi connectivity index (χ2n) is 6.89. The van der Waals surface area contributed by atoms with E-state index in [0.29, 0.717) is 32.3 Å². The Balaban J connectivity index is 0.00000512. The quantitative estimate of drug-likeness (QED) is 0.0868. The fourth-order valence-corrected chi connectivity index (χ4v) is 2.81. The number of aliphatic imine (C=N–C) groups is 1. The normalized spacial score (nSPS) is 10.9. The van der Waals surface area contributed by atoms with Crippen LogP contribution in [-0.2, 0) is 11.3 Å². The predicted octanol–water partition coefficient (Wildman–Crippen LogP) is 2.78. The summed E-state index contributed by atoms with van der Waals surface area (Å²) in [6.45, 7) is 3.33. The Hall–Kier alpha value is -2.44. The summed E-state index contributed by atoms with van der Waals surface area (Å²) >= 11 is 0. The number of guanidine groups is 1. The van der Waals surface area contributed by atoms with Gasteiger partial charge in [-0.1, -0.05) is 30.3 Å². The van der Waals surface area contributed by atoms with Gasteiger partial charge in [0, 0.05) is 44.5 Å². The molecule has 0 atom stereocenters. The number of benzene rings is 2. The minimum Gasteiger partial charge on any atom is -0.394 e. The van der Waals surface area contributed by atoms with Gasteiger partial charge in [0.25, 0.3) is 5.69 Å². The Bertz CT molecular complexity index is 806. The Morgan fingerprint density at radius 2 is 1.78 bits per heavy atom. The van der Waals surface area contributed by atoms with Crippen LogP contribution in [0.3, 0.4) is 0 Å². The molecule has 0 aliphatic rings. The van der Waals surface area contributed by atoms with Gasteiger partial charge in [-0.25, -0.2) is 4.99 Å². The number of nitrogens with one attached hydrogen (secondary N) is 2. The fraction of sp³-hybridized carbons (Fsp3) is 0.409. The van der Waals surface area contributed by atoms with Crippen molar-refractivity contribution in [2.45, 2.75) is 13.0 Å². The van der Waals surface area contributed by atoms with Gasteiger partial charge in [0.15, 0.2) is 5.96 Å². The van der Waals surface area contributed by atoms with Crippen molar-refractivity contribution in [2.75, 3.05) is 51.4 Å². The molecule has 0 aliphatic carbocycles. The van der Waals surface area contributed by atoms with Gasteiger partial charge >= 0.3 is 0 Å². The second kappa shape index (κ2) is 16.2. The molecule has 0 amide bonds. The predicted molar refractivity (Wildman–Crippen MR) is 138 cm³/mol. The number of ether oxygens (including phenoxy) is 1. The third kappa shape index (κ3) is 10.7. The minimum atomic E-state index is -0.416. The van der Waals surface area contributed by atoms with E-state index in [1.165, 1.54) is 17.8 Å². The Morgan fingerprint density at radius 1 is 1.09 bits per heavy atom. The number of nitrogens with zero attached hydrogens (tertiary/aromatic N) is 3. The molecule has 0 fully saturated rings. The van der Waals surface area contributed by atoms with Crippen LogP contribution in [-0.4, -0.2) is 62.5 Å². The molecule has 2 aromatic carbocycles. The van der Waals surface area contributed by atoms with Crippen molar-refractivity contribution >= 4 is 41.3 Å². The largest absolute Gasteiger partial charge is 0.394 e. The molecule has 0 unspecified atom stereocenters. The first-order valence-corrected chi connectivity index (χ1v) is 10.3. The van der Waals surface area contributed by atoms with Crippen molar-refractivity contribution in [2.24, 2.45) is 4.99 Å². The van der Waals surface area contributed by atoms with Crippen molar-refractivity contribution < 1.29 is 14.8 Å². The van der Waals surface area contributed by atoms with Gasteiger partial charge in [-0.2, -0.15) is 0 Å². The van der Waals surface area contributed by atoms with Crippen LogP contribution in [0.1, 0.15) is 12.0 Å². The molecule has 3 N–H and O–H groups in total. The zero-order valence-corrected chi connectivity index (χ0v) is 20.6. The van der Waals surface area contributed by atoms with Gasteiger partial charge in [0.05, 0.1) is 31.3 Å². The number of hydrogen-bond acceptors (Lipinski definition) is 6. The number of non-ortho nitro benzene ring substituents is 1. The zero-order chi connectivity index (χ0) is 22.3. The molecular formula is C22H32IN5O4. The summed E-state index contributed by atoms with van der Waals surface area (Å²) in [5.74, 6) is 0.647. The Labute approximate surface area is 206 Å². The van der Waals surface area contributed by atoms with E-state index < -0.39 is 4.92 Å². The lowest BCUT2D eigenvalue weighted by Crippen LogP contribution is -2.40. The van der Waals surface area contributed by atoms with E-state index >= 15 is 0 Å². The molecule has 2 aromatic rings. The molecule has 176 valence electrons. The Kier molecular flexibility index (Phi) is 14.0. The SMILES string of the molecule is CN(CCCNC(=NCc1ccc([N+](=O)[O-])cc1)NCCOCCO)c1ccccc1.I. The van der Waals surface area contributed by atoms with Crippen molar-refractivity contribution in [3.05, 3.63) is 70.3 Å². The lowest BCUT2D eigenvalue weighted by atomic mass is 10.2. The summed E-state index contributed by atoms with van der Waals surface area (Å²) in [7, 11) is 2.07. The monoisotopic (exact) mass is 557 g/mol. The maximum atomic E-state index is 10.8. The van der Waals surface area contributed by atoms with Gasteiger partial charge in [0.2, 0.25) is 0 Å². The standard InChI is InChI=1S/C22H31N5O4.HI/c1-26(20-6-3-2-4-7-20)14-5-12-23-22(24-13-16-31-17-15-28)25-18-19-8-10-21(11-9-19)27(29)30;/h2-4,6-11,28H,5,12-18H2,1H3,(H2,23,24,25);1H. The number of anilines is 1. The highest BCUT2D eigenvalue weighted by molar-refractivity contribution is 14.0. The van der Waals surface area contributed by atoms with E-state index in [2.05, 4.69) is 39.7 Å². The fourth-order valence-electron chi connectivity index (χ4n) is 2.81. The number of nitro groups is 1. The van der Waals surface area contributed by atoms with E-state index in [1.807, 2.05) is 18.2 Å². The molecule has 0 radical (unpaired) electrons. The van der Waals surface area contributed by atoms with Crippen LogP contribution in [0.5, 0.6) is 0 Å². The molecule has 0 saturated heterocycles. The van der Waals surface area contributed by atoms with Crippen LogP contribution in [0.4, 0.5) is 11.4 Å². The number of hydrogen-bond donors (Lipinski definition) is 3. The average Bonchev–Trinajstić information content (AvgIpc) is 2.80. The highest BCUT2D eigenvalue weighted by Crippen LogP contribution is 2.12. The van der Waals surface area contributed by atoms with Gasteiger partial charge < -0.3 is 25.4 Å². The number of nitro benzene ring substituents is 1. The average molecular weight is 557 g/mol. The van der Waals surface area contributed by atoms with Crippen molar-refractivity contribution in [1.82, 2.24) is 10.6 Å². The van der Waals surface area contributed by atoms with Crippen LogP contribution in [0.15, 0.2) is 59.6 Å². The molecular weight excluding hydrogens is 525 g/mol. The van der Waals surface area contributed by atoms with Gasteiger partial charge in [-0.3, -0.25) is 10.1 Å². The summed E-state index contributed by atoms with van der Waals surface area (Å²) in [6.07, 6.45) is 0.921. The molecule has 0 heterocycles. The molecule has 0 bridgehead atoms. The molecule has 2 rings (SSSR count). The lowest BCUT2D eigenvalue weighted by molar-refractivity contribution is -0.384. The molecule has 0 aromatic heterocycles. The van der Waals surface area contributed by atoms with Gasteiger partial charge in [0.1, 0.15) is 0 Å². The molecule has 0 spiro atoms.